The lowest BCUT2D eigenvalue weighted by atomic mass is 9.94. The molecule has 1 atom stereocenters. The van der Waals surface area contributed by atoms with Gasteiger partial charge in [-0.05, 0) is 30.2 Å². The number of halogens is 1. The van der Waals surface area contributed by atoms with E-state index >= 15 is 0 Å². The number of rotatable bonds is 3. The molecule has 0 aliphatic heterocycles. The van der Waals surface area contributed by atoms with Crippen LogP contribution in [0.3, 0.4) is 0 Å². The summed E-state index contributed by atoms with van der Waals surface area (Å²) in [4.78, 5) is 8.73. The number of nitrogens with zero attached hydrogens (tertiary/aromatic N) is 2. The first-order valence-corrected chi connectivity index (χ1v) is 7.49. The van der Waals surface area contributed by atoms with E-state index in [1.165, 1.54) is 5.56 Å². The van der Waals surface area contributed by atoms with E-state index < -0.39 is 0 Å². The standard InChI is InChI=1S/C18H16ClN3/c19-16-8-4-7-14(11-16)18(20)22-17-10-9-15(12-21-17)13-5-2-1-3-6-13/h1-5,7-13H,6H2,(H2,20,21,22). The second-order valence-electron chi connectivity index (χ2n) is 5.11. The Bertz CT molecular complexity index is 745. The van der Waals surface area contributed by atoms with E-state index in [9.17, 15) is 0 Å². The molecule has 1 unspecified atom stereocenters. The van der Waals surface area contributed by atoms with Gasteiger partial charge >= 0.3 is 0 Å². The van der Waals surface area contributed by atoms with Gasteiger partial charge in [0.25, 0.3) is 0 Å². The van der Waals surface area contributed by atoms with Crippen LogP contribution in [0.1, 0.15) is 23.5 Å². The van der Waals surface area contributed by atoms with Crippen LogP contribution in [-0.4, -0.2) is 10.8 Å². The van der Waals surface area contributed by atoms with Gasteiger partial charge in [0.1, 0.15) is 5.84 Å². The lowest BCUT2D eigenvalue weighted by Crippen LogP contribution is -2.12. The number of aliphatic imine (C=N–C) groups is 1. The minimum atomic E-state index is 0.390. The molecule has 0 bridgehead atoms. The highest BCUT2D eigenvalue weighted by Gasteiger charge is 2.08. The summed E-state index contributed by atoms with van der Waals surface area (Å²) >= 11 is 5.96. The molecule has 0 saturated carbocycles. The quantitative estimate of drug-likeness (QED) is 0.676. The number of nitrogens with two attached hydrogens (primary N) is 1. The number of aromatic nitrogens is 1. The fourth-order valence-corrected chi connectivity index (χ4v) is 2.54. The van der Waals surface area contributed by atoms with Gasteiger partial charge in [-0.25, -0.2) is 9.98 Å². The first kappa shape index (κ1) is 14.5. The smallest absolute Gasteiger partial charge is 0.154 e. The molecule has 0 spiro atoms. The number of allylic oxidation sites excluding steroid dienone is 4. The molecule has 110 valence electrons. The van der Waals surface area contributed by atoms with Crippen LogP contribution in [0.4, 0.5) is 5.82 Å². The van der Waals surface area contributed by atoms with Gasteiger partial charge in [-0.1, -0.05) is 54.1 Å². The zero-order valence-corrected chi connectivity index (χ0v) is 12.7. The van der Waals surface area contributed by atoms with Gasteiger partial charge in [-0.2, -0.15) is 0 Å². The summed E-state index contributed by atoms with van der Waals surface area (Å²) in [6, 6.07) is 11.2. The molecule has 3 nitrogen and oxygen atoms in total. The summed E-state index contributed by atoms with van der Waals surface area (Å²) in [6.07, 6.45) is 11.3. The zero-order chi connectivity index (χ0) is 15.4. The highest BCUT2D eigenvalue weighted by Crippen LogP contribution is 2.25. The molecular formula is C18H16ClN3. The van der Waals surface area contributed by atoms with Gasteiger partial charge in [0, 0.05) is 22.7 Å². The second kappa shape index (κ2) is 6.58. The molecule has 1 aromatic heterocycles. The zero-order valence-electron chi connectivity index (χ0n) is 12.0. The van der Waals surface area contributed by atoms with Crippen molar-refractivity contribution >= 4 is 23.3 Å². The molecule has 1 aromatic carbocycles. The van der Waals surface area contributed by atoms with Crippen LogP contribution >= 0.6 is 11.6 Å². The summed E-state index contributed by atoms with van der Waals surface area (Å²) in [5.74, 6) is 1.39. The number of amidine groups is 1. The fraction of sp³-hybridized carbons (Fsp3) is 0.111. The number of benzene rings is 1. The Balaban J connectivity index is 1.79. The number of hydrogen-bond acceptors (Lipinski definition) is 2. The van der Waals surface area contributed by atoms with Crippen molar-refractivity contribution in [3.63, 3.8) is 0 Å². The second-order valence-corrected chi connectivity index (χ2v) is 5.55. The van der Waals surface area contributed by atoms with Gasteiger partial charge in [0.05, 0.1) is 0 Å². The predicted molar refractivity (Wildman–Crippen MR) is 91.7 cm³/mol. The van der Waals surface area contributed by atoms with Crippen LogP contribution in [0, 0.1) is 0 Å². The molecule has 0 fully saturated rings. The Kier molecular flexibility index (Phi) is 4.35. The van der Waals surface area contributed by atoms with Gasteiger partial charge < -0.3 is 5.73 Å². The third-order valence-electron chi connectivity index (χ3n) is 3.53. The summed E-state index contributed by atoms with van der Waals surface area (Å²) in [6.45, 7) is 0. The molecule has 1 aliphatic carbocycles. The van der Waals surface area contributed by atoms with E-state index in [4.69, 9.17) is 17.3 Å². The van der Waals surface area contributed by atoms with Crippen LogP contribution in [0.25, 0.3) is 0 Å². The SMILES string of the molecule is NC(=Nc1ccc(C2C=CC=CC2)cn1)c1cccc(Cl)c1. The average molecular weight is 310 g/mol. The van der Waals surface area contributed by atoms with Crippen LogP contribution in [0.2, 0.25) is 5.02 Å². The third-order valence-corrected chi connectivity index (χ3v) is 3.77. The Hall–Kier alpha value is -2.39. The molecule has 0 radical (unpaired) electrons. The fourth-order valence-electron chi connectivity index (χ4n) is 2.35. The molecule has 0 saturated heterocycles. The van der Waals surface area contributed by atoms with Crippen molar-refractivity contribution in [2.45, 2.75) is 12.3 Å². The largest absolute Gasteiger partial charge is 0.383 e. The van der Waals surface area contributed by atoms with Crippen molar-refractivity contribution in [1.29, 1.82) is 0 Å². The van der Waals surface area contributed by atoms with E-state index in [0.717, 1.165) is 12.0 Å². The van der Waals surface area contributed by atoms with E-state index in [2.05, 4.69) is 34.3 Å². The summed E-state index contributed by atoms with van der Waals surface area (Å²) < 4.78 is 0. The number of pyridine rings is 1. The van der Waals surface area contributed by atoms with Crippen molar-refractivity contribution < 1.29 is 0 Å². The monoisotopic (exact) mass is 309 g/mol. The summed E-state index contributed by atoms with van der Waals surface area (Å²) in [5.41, 5.74) is 7.98. The minimum Gasteiger partial charge on any atom is -0.383 e. The third kappa shape index (κ3) is 3.43. The minimum absolute atomic E-state index is 0.390. The number of hydrogen-bond donors (Lipinski definition) is 1. The van der Waals surface area contributed by atoms with Gasteiger partial charge in [0.2, 0.25) is 0 Å². The molecule has 2 aromatic rings. The van der Waals surface area contributed by atoms with Crippen LogP contribution in [-0.2, 0) is 0 Å². The van der Waals surface area contributed by atoms with Gasteiger partial charge in [0.15, 0.2) is 5.82 Å². The molecule has 2 N–H and O–H groups in total. The summed E-state index contributed by atoms with van der Waals surface area (Å²) in [7, 11) is 0. The maximum Gasteiger partial charge on any atom is 0.154 e. The predicted octanol–water partition coefficient (Wildman–Crippen LogP) is 4.37. The van der Waals surface area contributed by atoms with Crippen LogP contribution in [0.5, 0.6) is 0 Å². The van der Waals surface area contributed by atoms with E-state index in [0.29, 0.717) is 22.6 Å². The molecule has 4 heteroatoms. The van der Waals surface area contributed by atoms with E-state index in [1.807, 2.05) is 30.5 Å². The Labute approximate surface area is 134 Å². The van der Waals surface area contributed by atoms with Crippen molar-refractivity contribution in [3.05, 3.63) is 83.0 Å². The molecule has 1 heterocycles. The summed E-state index contributed by atoms with van der Waals surface area (Å²) in [5, 5.41) is 0.635. The van der Waals surface area contributed by atoms with Crippen molar-refractivity contribution in [3.8, 4) is 0 Å². The molecule has 1 aliphatic rings. The van der Waals surface area contributed by atoms with Crippen LogP contribution in [0.15, 0.2) is 71.9 Å². The first-order valence-electron chi connectivity index (χ1n) is 7.12. The molecule has 0 amide bonds. The van der Waals surface area contributed by atoms with E-state index in [1.54, 1.807) is 12.1 Å². The first-order chi connectivity index (χ1) is 10.7. The lowest BCUT2D eigenvalue weighted by Gasteiger charge is -2.12. The lowest BCUT2D eigenvalue weighted by molar-refractivity contribution is 0.847. The molecular weight excluding hydrogens is 294 g/mol. The van der Waals surface area contributed by atoms with E-state index in [-0.39, 0.29) is 0 Å². The molecule has 22 heavy (non-hydrogen) atoms. The Morgan fingerprint density at radius 2 is 2.14 bits per heavy atom. The Morgan fingerprint density at radius 3 is 2.82 bits per heavy atom. The Morgan fingerprint density at radius 1 is 1.23 bits per heavy atom. The average Bonchev–Trinajstić information content (AvgIpc) is 2.56. The van der Waals surface area contributed by atoms with Crippen molar-refractivity contribution in [2.75, 3.05) is 0 Å². The van der Waals surface area contributed by atoms with Crippen molar-refractivity contribution in [2.24, 2.45) is 10.7 Å². The van der Waals surface area contributed by atoms with Crippen LogP contribution < -0.4 is 5.73 Å². The van der Waals surface area contributed by atoms with Gasteiger partial charge in [-0.15, -0.1) is 0 Å². The maximum atomic E-state index is 6.01. The van der Waals surface area contributed by atoms with Crippen molar-refractivity contribution in [1.82, 2.24) is 4.98 Å². The highest BCUT2D eigenvalue weighted by molar-refractivity contribution is 6.31. The normalized spacial score (nSPS) is 17.7. The topological polar surface area (TPSA) is 51.3 Å². The highest BCUT2D eigenvalue weighted by atomic mass is 35.5. The van der Waals surface area contributed by atoms with Gasteiger partial charge in [-0.3, -0.25) is 0 Å². The molecule has 3 rings (SSSR count). The maximum absolute atomic E-state index is 6.01.